The van der Waals surface area contributed by atoms with Crippen molar-refractivity contribution in [1.29, 1.82) is 0 Å². The average molecular weight is 431 g/mol. The molecule has 3 heterocycles. The lowest BCUT2D eigenvalue weighted by molar-refractivity contribution is -0.117. The number of aryl methyl sites for hydroxylation is 1. The van der Waals surface area contributed by atoms with Crippen molar-refractivity contribution in [1.82, 2.24) is 29.9 Å². The van der Waals surface area contributed by atoms with Gasteiger partial charge in [0.05, 0.1) is 19.3 Å². The molecule has 0 atom stereocenters. The number of nitrogens with zero attached hydrogens (tertiary/aromatic N) is 7. The Kier molecular flexibility index (Phi) is 5.96. The molecule has 1 aliphatic heterocycles. The third-order valence-electron chi connectivity index (χ3n) is 5.06. The Morgan fingerprint density at radius 1 is 1.23 bits per heavy atom. The van der Waals surface area contributed by atoms with Crippen LogP contribution in [0.3, 0.4) is 0 Å². The van der Waals surface area contributed by atoms with Crippen LogP contribution in [0.25, 0.3) is 11.2 Å². The van der Waals surface area contributed by atoms with Gasteiger partial charge in [0.15, 0.2) is 17.0 Å². The van der Waals surface area contributed by atoms with E-state index >= 15 is 0 Å². The molecule has 0 saturated carbocycles. The number of fused-ring (bicyclic) bond motifs is 1. The van der Waals surface area contributed by atoms with Crippen molar-refractivity contribution in [3.05, 3.63) is 29.5 Å². The highest BCUT2D eigenvalue weighted by atomic mass is 35.5. The number of anilines is 2. The smallest absolute Gasteiger partial charge is 0.238 e. The Balaban J connectivity index is 1.37. The summed E-state index contributed by atoms with van der Waals surface area (Å²) in [4.78, 5) is 25.5. The Hall–Kier alpha value is -2.98. The standard InChI is InChI=1S/C19H23ClN8O2/c1-3-28-19-17(24-25-28)18(21-12-22-19)27-8-6-26(7-9-27)11-16(29)23-14-10-13(20)4-5-15(14)30-2/h4-5,10,12H,3,6-9,11H2,1-2H3,(H,23,29). The molecule has 10 nitrogen and oxygen atoms in total. The predicted octanol–water partition coefficient (Wildman–Crippen LogP) is 1.66. The van der Waals surface area contributed by atoms with E-state index in [-0.39, 0.29) is 12.5 Å². The van der Waals surface area contributed by atoms with Crippen LogP contribution < -0.4 is 15.0 Å². The summed E-state index contributed by atoms with van der Waals surface area (Å²) in [7, 11) is 1.56. The van der Waals surface area contributed by atoms with Gasteiger partial charge < -0.3 is 15.0 Å². The number of halogens is 1. The predicted molar refractivity (Wildman–Crippen MR) is 114 cm³/mol. The highest BCUT2D eigenvalue weighted by molar-refractivity contribution is 6.31. The zero-order valence-electron chi connectivity index (χ0n) is 16.9. The summed E-state index contributed by atoms with van der Waals surface area (Å²) in [5.41, 5.74) is 2.01. The maximum absolute atomic E-state index is 12.5. The van der Waals surface area contributed by atoms with Gasteiger partial charge in [-0.05, 0) is 25.1 Å². The van der Waals surface area contributed by atoms with Crippen molar-refractivity contribution in [2.45, 2.75) is 13.5 Å². The molecule has 0 radical (unpaired) electrons. The largest absolute Gasteiger partial charge is 0.495 e. The van der Waals surface area contributed by atoms with E-state index in [9.17, 15) is 4.79 Å². The molecule has 3 aromatic rings. The lowest BCUT2D eigenvalue weighted by Gasteiger charge is -2.34. The van der Waals surface area contributed by atoms with Gasteiger partial charge in [-0.3, -0.25) is 9.69 Å². The minimum absolute atomic E-state index is 0.112. The van der Waals surface area contributed by atoms with Crippen LogP contribution in [0, 0.1) is 0 Å². The zero-order valence-corrected chi connectivity index (χ0v) is 17.6. The molecule has 0 aliphatic carbocycles. The maximum atomic E-state index is 12.5. The lowest BCUT2D eigenvalue weighted by atomic mass is 10.2. The van der Waals surface area contributed by atoms with E-state index in [0.717, 1.165) is 37.6 Å². The number of benzene rings is 1. The van der Waals surface area contributed by atoms with Crippen LogP contribution in [0.1, 0.15) is 6.92 Å². The Morgan fingerprint density at radius 2 is 2.03 bits per heavy atom. The summed E-state index contributed by atoms with van der Waals surface area (Å²) in [5.74, 6) is 1.25. The monoisotopic (exact) mass is 430 g/mol. The van der Waals surface area contributed by atoms with Gasteiger partial charge in [0, 0.05) is 37.7 Å². The molecule has 11 heteroatoms. The number of amides is 1. The second kappa shape index (κ2) is 8.80. The summed E-state index contributed by atoms with van der Waals surface area (Å²) in [6.07, 6.45) is 1.55. The van der Waals surface area contributed by atoms with Crippen molar-refractivity contribution in [3.8, 4) is 5.75 Å². The number of carbonyl (C=O) groups is 1. The van der Waals surface area contributed by atoms with Gasteiger partial charge in [-0.1, -0.05) is 16.8 Å². The summed E-state index contributed by atoms with van der Waals surface area (Å²) in [6.45, 7) is 5.92. The van der Waals surface area contributed by atoms with Crippen LogP contribution in [-0.4, -0.2) is 75.6 Å². The van der Waals surface area contributed by atoms with Gasteiger partial charge >= 0.3 is 0 Å². The summed E-state index contributed by atoms with van der Waals surface area (Å²) in [5, 5.41) is 11.8. The Labute approximate surface area is 178 Å². The van der Waals surface area contributed by atoms with Gasteiger partial charge in [0.2, 0.25) is 5.91 Å². The van der Waals surface area contributed by atoms with Crippen molar-refractivity contribution in [3.63, 3.8) is 0 Å². The number of hydrogen-bond acceptors (Lipinski definition) is 8. The molecule has 1 aromatic carbocycles. The second-order valence-corrected chi connectivity index (χ2v) is 7.37. The van der Waals surface area contributed by atoms with Crippen LogP contribution in [0.2, 0.25) is 5.02 Å². The number of aromatic nitrogens is 5. The van der Waals surface area contributed by atoms with Crippen LogP contribution in [0.4, 0.5) is 11.5 Å². The highest BCUT2D eigenvalue weighted by Gasteiger charge is 2.23. The zero-order chi connectivity index (χ0) is 21.1. The first kappa shape index (κ1) is 20.3. The fourth-order valence-corrected chi connectivity index (χ4v) is 3.68. The van der Waals surface area contributed by atoms with E-state index in [1.54, 1.807) is 36.3 Å². The SMILES string of the molecule is CCn1nnc2c(N3CCN(CC(=O)Nc4cc(Cl)ccc4OC)CC3)ncnc21. The molecule has 0 bridgehead atoms. The number of piperazine rings is 1. The first-order valence-electron chi connectivity index (χ1n) is 9.74. The molecule has 30 heavy (non-hydrogen) atoms. The third kappa shape index (κ3) is 4.14. The van der Waals surface area contributed by atoms with E-state index < -0.39 is 0 Å². The molecule has 1 amide bonds. The minimum atomic E-state index is -0.112. The third-order valence-corrected chi connectivity index (χ3v) is 5.29. The van der Waals surface area contributed by atoms with Gasteiger partial charge in [0.25, 0.3) is 0 Å². The molecular weight excluding hydrogens is 408 g/mol. The van der Waals surface area contributed by atoms with Crippen molar-refractivity contribution < 1.29 is 9.53 Å². The number of methoxy groups -OCH3 is 1. The summed E-state index contributed by atoms with van der Waals surface area (Å²) >= 11 is 6.03. The fraction of sp³-hybridized carbons (Fsp3) is 0.421. The molecule has 1 fully saturated rings. The summed E-state index contributed by atoms with van der Waals surface area (Å²) < 4.78 is 7.04. The molecule has 0 spiro atoms. The van der Waals surface area contributed by atoms with Gasteiger partial charge in [-0.2, -0.15) is 0 Å². The number of ether oxygens (including phenoxy) is 1. The molecular formula is C19H23ClN8O2. The second-order valence-electron chi connectivity index (χ2n) is 6.93. The van der Waals surface area contributed by atoms with Gasteiger partial charge in [-0.25, -0.2) is 14.6 Å². The Morgan fingerprint density at radius 3 is 2.77 bits per heavy atom. The molecule has 158 valence electrons. The number of carbonyl (C=O) groups excluding carboxylic acids is 1. The first-order valence-corrected chi connectivity index (χ1v) is 10.1. The van der Waals surface area contributed by atoms with Crippen molar-refractivity contribution in [2.24, 2.45) is 0 Å². The van der Waals surface area contributed by atoms with E-state index in [2.05, 4.69) is 35.4 Å². The average Bonchev–Trinajstić information content (AvgIpc) is 3.18. The molecule has 1 N–H and O–H groups in total. The van der Waals surface area contributed by atoms with Gasteiger partial charge in [0.1, 0.15) is 12.1 Å². The van der Waals surface area contributed by atoms with Gasteiger partial charge in [-0.15, -0.1) is 5.10 Å². The van der Waals surface area contributed by atoms with E-state index in [1.807, 2.05) is 6.92 Å². The molecule has 1 aliphatic rings. The minimum Gasteiger partial charge on any atom is -0.495 e. The highest BCUT2D eigenvalue weighted by Crippen LogP contribution is 2.27. The molecule has 2 aromatic heterocycles. The molecule has 1 saturated heterocycles. The fourth-order valence-electron chi connectivity index (χ4n) is 3.51. The number of hydrogen-bond donors (Lipinski definition) is 1. The normalized spacial score (nSPS) is 14.8. The van der Waals surface area contributed by atoms with Crippen molar-refractivity contribution in [2.75, 3.05) is 50.1 Å². The van der Waals surface area contributed by atoms with Crippen LogP contribution >= 0.6 is 11.6 Å². The summed E-state index contributed by atoms with van der Waals surface area (Å²) in [6, 6.07) is 5.13. The van der Waals surface area contributed by atoms with E-state index in [0.29, 0.717) is 28.5 Å². The van der Waals surface area contributed by atoms with Crippen LogP contribution in [0.15, 0.2) is 24.5 Å². The maximum Gasteiger partial charge on any atom is 0.238 e. The van der Waals surface area contributed by atoms with Crippen LogP contribution in [0.5, 0.6) is 5.75 Å². The topological polar surface area (TPSA) is 101 Å². The number of rotatable bonds is 6. The first-order chi connectivity index (χ1) is 14.6. The number of nitrogens with one attached hydrogen (secondary N) is 1. The lowest BCUT2D eigenvalue weighted by Crippen LogP contribution is -2.49. The van der Waals surface area contributed by atoms with Crippen LogP contribution in [-0.2, 0) is 11.3 Å². The molecule has 0 unspecified atom stereocenters. The Bertz CT molecular complexity index is 1050. The quantitative estimate of drug-likeness (QED) is 0.630. The van der Waals surface area contributed by atoms with E-state index in [4.69, 9.17) is 16.3 Å². The van der Waals surface area contributed by atoms with E-state index in [1.165, 1.54) is 0 Å². The molecule has 4 rings (SSSR count). The van der Waals surface area contributed by atoms with Crippen molar-refractivity contribution >= 4 is 40.2 Å².